The molecule has 0 radical (unpaired) electrons. The molecule has 1 saturated heterocycles. The molecule has 29 heavy (non-hydrogen) atoms. The van der Waals surface area contributed by atoms with E-state index in [9.17, 15) is 0 Å². The summed E-state index contributed by atoms with van der Waals surface area (Å²) in [7, 11) is 0. The second-order valence-corrected chi connectivity index (χ2v) is 8.34. The quantitative estimate of drug-likeness (QED) is 0.692. The predicted octanol–water partition coefficient (Wildman–Crippen LogP) is 4.47. The minimum Gasteiger partial charge on any atom is -0.492 e. The molecular formula is C25H34N2O2. The van der Waals surface area contributed by atoms with Crippen molar-refractivity contribution in [1.82, 2.24) is 9.80 Å². The number of ether oxygens (including phenoxy) is 2. The lowest BCUT2D eigenvalue weighted by Crippen LogP contribution is -2.36. The van der Waals surface area contributed by atoms with Gasteiger partial charge in [0.05, 0.1) is 12.7 Å². The fraction of sp³-hybridized carbons (Fsp3) is 0.520. The summed E-state index contributed by atoms with van der Waals surface area (Å²) in [5, 5.41) is 0. The fourth-order valence-electron chi connectivity index (χ4n) is 4.39. The Morgan fingerprint density at radius 1 is 0.966 bits per heavy atom. The maximum absolute atomic E-state index is 6.14. The van der Waals surface area contributed by atoms with Crippen molar-refractivity contribution in [2.45, 2.75) is 52.0 Å². The van der Waals surface area contributed by atoms with E-state index in [1.807, 2.05) is 0 Å². The van der Waals surface area contributed by atoms with Crippen molar-refractivity contribution in [3.05, 3.63) is 65.2 Å². The normalized spacial score (nSPS) is 18.8. The van der Waals surface area contributed by atoms with Gasteiger partial charge in [0.2, 0.25) is 0 Å². The van der Waals surface area contributed by atoms with Crippen LogP contribution in [0, 0.1) is 0 Å². The van der Waals surface area contributed by atoms with Gasteiger partial charge in [-0.05, 0) is 49.1 Å². The molecule has 2 aromatic rings. The van der Waals surface area contributed by atoms with Crippen LogP contribution in [0.1, 0.15) is 42.9 Å². The zero-order valence-corrected chi connectivity index (χ0v) is 17.7. The molecule has 4 rings (SSSR count). The Bertz CT molecular complexity index is 757. The van der Waals surface area contributed by atoms with Crippen LogP contribution in [-0.2, 0) is 24.4 Å². The maximum Gasteiger partial charge on any atom is 0.123 e. The van der Waals surface area contributed by atoms with E-state index in [0.29, 0.717) is 6.10 Å². The van der Waals surface area contributed by atoms with Crippen LogP contribution in [0.2, 0.25) is 0 Å². The standard InChI is InChI=1S/C25H34N2O2/c1-2-12-26-15-16-28-25-9-8-22(17-23(25)19-26)18-27-13-10-24(11-14-27)29-20-21-6-4-3-5-7-21/h3-9,17,24H,2,10-16,18-20H2,1H3. The summed E-state index contributed by atoms with van der Waals surface area (Å²) in [4.78, 5) is 5.07. The minimum atomic E-state index is 0.384. The first-order chi connectivity index (χ1) is 14.3. The van der Waals surface area contributed by atoms with E-state index >= 15 is 0 Å². The molecule has 0 aromatic heterocycles. The van der Waals surface area contributed by atoms with E-state index in [2.05, 4.69) is 65.3 Å². The third kappa shape index (κ3) is 5.81. The lowest BCUT2D eigenvalue weighted by atomic mass is 10.0. The first-order valence-electron chi connectivity index (χ1n) is 11.1. The second kappa shape index (κ2) is 10.2. The fourth-order valence-corrected chi connectivity index (χ4v) is 4.39. The molecule has 2 aliphatic heterocycles. The molecule has 0 atom stereocenters. The molecule has 2 aliphatic rings. The van der Waals surface area contributed by atoms with Gasteiger partial charge in [-0.1, -0.05) is 43.3 Å². The molecule has 2 heterocycles. The Hall–Kier alpha value is -1.88. The van der Waals surface area contributed by atoms with Gasteiger partial charge in [-0.3, -0.25) is 9.80 Å². The third-order valence-corrected chi connectivity index (χ3v) is 5.99. The van der Waals surface area contributed by atoms with Crippen LogP contribution in [0.3, 0.4) is 0 Å². The Morgan fingerprint density at radius 3 is 2.59 bits per heavy atom. The molecule has 2 aromatic carbocycles. The van der Waals surface area contributed by atoms with E-state index in [1.165, 1.54) is 23.1 Å². The first-order valence-corrected chi connectivity index (χ1v) is 11.1. The molecule has 0 amide bonds. The van der Waals surface area contributed by atoms with Crippen molar-refractivity contribution in [2.24, 2.45) is 0 Å². The molecule has 0 unspecified atom stereocenters. The molecule has 0 spiro atoms. The van der Waals surface area contributed by atoms with Crippen LogP contribution in [0.5, 0.6) is 5.75 Å². The number of hydrogen-bond acceptors (Lipinski definition) is 4. The number of fused-ring (bicyclic) bond motifs is 1. The van der Waals surface area contributed by atoms with Crippen molar-refractivity contribution >= 4 is 0 Å². The summed E-state index contributed by atoms with van der Waals surface area (Å²) >= 11 is 0. The van der Waals surface area contributed by atoms with Crippen LogP contribution in [-0.4, -0.2) is 48.7 Å². The number of rotatable bonds is 7. The van der Waals surface area contributed by atoms with Gasteiger partial charge in [-0.15, -0.1) is 0 Å². The van der Waals surface area contributed by atoms with Crippen LogP contribution >= 0.6 is 0 Å². The summed E-state index contributed by atoms with van der Waals surface area (Å²) in [5.41, 5.74) is 4.00. The summed E-state index contributed by atoms with van der Waals surface area (Å²) in [6.07, 6.45) is 3.81. The van der Waals surface area contributed by atoms with E-state index in [4.69, 9.17) is 9.47 Å². The topological polar surface area (TPSA) is 24.9 Å². The Kier molecular flexibility index (Phi) is 7.20. The highest BCUT2D eigenvalue weighted by Crippen LogP contribution is 2.26. The molecule has 0 N–H and O–H groups in total. The van der Waals surface area contributed by atoms with Crippen molar-refractivity contribution in [3.8, 4) is 5.75 Å². The molecule has 1 fully saturated rings. The largest absolute Gasteiger partial charge is 0.492 e. The predicted molar refractivity (Wildman–Crippen MR) is 117 cm³/mol. The van der Waals surface area contributed by atoms with E-state index in [1.54, 1.807) is 0 Å². The van der Waals surface area contributed by atoms with Gasteiger partial charge < -0.3 is 9.47 Å². The van der Waals surface area contributed by atoms with E-state index in [0.717, 1.165) is 71.1 Å². The highest BCUT2D eigenvalue weighted by atomic mass is 16.5. The third-order valence-electron chi connectivity index (χ3n) is 5.99. The Labute approximate surface area is 175 Å². The smallest absolute Gasteiger partial charge is 0.123 e. The SMILES string of the molecule is CCCN1CCOc2ccc(CN3CCC(OCc4ccccc4)CC3)cc2C1. The van der Waals surface area contributed by atoms with Gasteiger partial charge in [0.25, 0.3) is 0 Å². The van der Waals surface area contributed by atoms with Gasteiger partial charge in [0.15, 0.2) is 0 Å². The lowest BCUT2D eigenvalue weighted by Gasteiger charge is -2.32. The highest BCUT2D eigenvalue weighted by Gasteiger charge is 2.21. The van der Waals surface area contributed by atoms with Crippen molar-refractivity contribution in [1.29, 1.82) is 0 Å². The van der Waals surface area contributed by atoms with Gasteiger partial charge >= 0.3 is 0 Å². The molecule has 0 saturated carbocycles. The molecule has 0 bridgehead atoms. The molecule has 4 nitrogen and oxygen atoms in total. The number of nitrogens with zero attached hydrogens (tertiary/aromatic N) is 2. The van der Waals surface area contributed by atoms with Crippen LogP contribution in [0.25, 0.3) is 0 Å². The van der Waals surface area contributed by atoms with Crippen LogP contribution in [0.4, 0.5) is 0 Å². The van der Waals surface area contributed by atoms with Crippen LogP contribution < -0.4 is 4.74 Å². The number of benzene rings is 2. The zero-order chi connectivity index (χ0) is 19.9. The van der Waals surface area contributed by atoms with E-state index < -0.39 is 0 Å². The van der Waals surface area contributed by atoms with E-state index in [-0.39, 0.29) is 0 Å². The summed E-state index contributed by atoms with van der Waals surface area (Å²) in [6, 6.07) is 17.3. The van der Waals surface area contributed by atoms with Gasteiger partial charge in [0, 0.05) is 38.3 Å². The Morgan fingerprint density at radius 2 is 1.79 bits per heavy atom. The van der Waals surface area contributed by atoms with Gasteiger partial charge in [-0.2, -0.15) is 0 Å². The summed E-state index contributed by atoms with van der Waals surface area (Å²) in [5.74, 6) is 1.07. The molecule has 156 valence electrons. The van der Waals surface area contributed by atoms with Crippen molar-refractivity contribution < 1.29 is 9.47 Å². The molecule has 4 heteroatoms. The number of likely N-dealkylation sites (tertiary alicyclic amines) is 1. The zero-order valence-electron chi connectivity index (χ0n) is 17.7. The summed E-state index contributed by atoms with van der Waals surface area (Å²) in [6.45, 7) is 10.2. The minimum absolute atomic E-state index is 0.384. The lowest BCUT2D eigenvalue weighted by molar-refractivity contribution is -0.00394. The second-order valence-electron chi connectivity index (χ2n) is 8.34. The van der Waals surface area contributed by atoms with Crippen molar-refractivity contribution in [3.63, 3.8) is 0 Å². The van der Waals surface area contributed by atoms with Gasteiger partial charge in [0.1, 0.15) is 12.4 Å². The van der Waals surface area contributed by atoms with Gasteiger partial charge in [-0.25, -0.2) is 0 Å². The van der Waals surface area contributed by atoms with Crippen molar-refractivity contribution in [2.75, 3.05) is 32.8 Å². The molecule has 0 aliphatic carbocycles. The molecular weight excluding hydrogens is 360 g/mol. The first kappa shape index (κ1) is 20.4. The highest BCUT2D eigenvalue weighted by molar-refractivity contribution is 5.38. The Balaban J connectivity index is 1.27. The summed E-state index contributed by atoms with van der Waals surface area (Å²) < 4.78 is 12.1. The number of piperidine rings is 1. The average Bonchev–Trinajstić information content (AvgIpc) is 2.96. The maximum atomic E-state index is 6.14. The monoisotopic (exact) mass is 394 g/mol. The number of hydrogen-bond donors (Lipinski definition) is 0. The van der Waals surface area contributed by atoms with Crippen LogP contribution in [0.15, 0.2) is 48.5 Å². The average molecular weight is 395 g/mol.